The summed E-state index contributed by atoms with van der Waals surface area (Å²) in [4.78, 5) is 15.4. The predicted molar refractivity (Wildman–Crippen MR) is 155 cm³/mol. The summed E-state index contributed by atoms with van der Waals surface area (Å²) in [5.41, 5.74) is 1.36. The molecule has 1 fully saturated rings. The minimum Gasteiger partial charge on any atom is -0.483 e. The van der Waals surface area contributed by atoms with Crippen LogP contribution in [0.3, 0.4) is 0 Å². The van der Waals surface area contributed by atoms with Gasteiger partial charge in [0.1, 0.15) is 31.0 Å². The van der Waals surface area contributed by atoms with Crippen molar-refractivity contribution in [2.75, 3.05) is 13.2 Å². The van der Waals surface area contributed by atoms with Crippen molar-refractivity contribution >= 4 is 11.0 Å². The Morgan fingerprint density at radius 1 is 1.07 bits per heavy atom. The zero-order valence-corrected chi connectivity index (χ0v) is 25.1. The van der Waals surface area contributed by atoms with Gasteiger partial charge < -0.3 is 29.0 Å². The standard InChI is InChI=1S/C31H34F5N5O5/c1-18-11-22(46-29-7-9-37-27(39-29)16-44-26-6-4-21(32)13-23(26)33)8-10-40(18)15-28-38-24-5-3-20(30(42)43)12-25(24)41(28)14-19(2)45-17-31(34,35)36/h3-7,9,12-13,18-19,22,30,42-43H,8,10-11,14-17H2,1-2H3/t18-,19+,22-/m0/s1. The van der Waals surface area contributed by atoms with Crippen molar-refractivity contribution in [1.29, 1.82) is 0 Å². The van der Waals surface area contributed by atoms with Gasteiger partial charge in [-0.2, -0.15) is 18.2 Å². The third kappa shape index (κ3) is 8.66. The number of ether oxygens (including phenoxy) is 3. The van der Waals surface area contributed by atoms with Gasteiger partial charge in [0.05, 0.1) is 30.2 Å². The summed E-state index contributed by atoms with van der Waals surface area (Å²) in [6.45, 7) is 3.15. The van der Waals surface area contributed by atoms with Gasteiger partial charge in [-0.25, -0.2) is 18.7 Å². The molecule has 2 N–H and O–H groups in total. The van der Waals surface area contributed by atoms with Gasteiger partial charge in [-0.1, -0.05) is 6.07 Å². The molecule has 3 atom stereocenters. The van der Waals surface area contributed by atoms with Gasteiger partial charge in [0.15, 0.2) is 23.7 Å². The summed E-state index contributed by atoms with van der Waals surface area (Å²) in [5.74, 6) is -0.475. The molecule has 46 heavy (non-hydrogen) atoms. The maximum atomic E-state index is 13.9. The predicted octanol–water partition coefficient (Wildman–Crippen LogP) is 5.07. The minimum absolute atomic E-state index is 0.0341. The van der Waals surface area contributed by atoms with Crippen LogP contribution in [0.25, 0.3) is 11.0 Å². The van der Waals surface area contributed by atoms with Crippen LogP contribution in [-0.4, -0.2) is 72.2 Å². The maximum absolute atomic E-state index is 13.9. The van der Waals surface area contributed by atoms with E-state index in [1.54, 1.807) is 29.7 Å². The lowest BCUT2D eigenvalue weighted by molar-refractivity contribution is -0.184. The smallest absolute Gasteiger partial charge is 0.411 e. The molecular weight excluding hydrogens is 617 g/mol. The average molecular weight is 652 g/mol. The number of aliphatic hydroxyl groups excluding tert-OH is 1. The molecule has 0 aliphatic carbocycles. The van der Waals surface area contributed by atoms with Crippen LogP contribution >= 0.6 is 0 Å². The van der Waals surface area contributed by atoms with Crippen molar-refractivity contribution in [3.63, 3.8) is 0 Å². The van der Waals surface area contributed by atoms with E-state index >= 15 is 0 Å². The number of alkyl halides is 3. The summed E-state index contributed by atoms with van der Waals surface area (Å²) in [6, 6.07) is 9.40. The highest BCUT2D eigenvalue weighted by molar-refractivity contribution is 5.77. The highest BCUT2D eigenvalue weighted by Crippen LogP contribution is 2.27. The molecule has 2 aromatic carbocycles. The molecule has 10 nitrogen and oxygen atoms in total. The summed E-state index contributed by atoms with van der Waals surface area (Å²) >= 11 is 0. The lowest BCUT2D eigenvalue weighted by Crippen LogP contribution is -2.44. The molecule has 1 aliphatic heterocycles. The van der Waals surface area contributed by atoms with Gasteiger partial charge in [0, 0.05) is 36.5 Å². The summed E-state index contributed by atoms with van der Waals surface area (Å²) in [6.07, 6.45) is -4.36. The van der Waals surface area contributed by atoms with E-state index in [9.17, 15) is 32.2 Å². The third-order valence-electron chi connectivity index (χ3n) is 7.65. The molecule has 248 valence electrons. The molecule has 0 unspecified atom stereocenters. The van der Waals surface area contributed by atoms with Crippen molar-refractivity contribution in [2.45, 2.75) is 77.1 Å². The Kier molecular flexibility index (Phi) is 10.4. The van der Waals surface area contributed by atoms with Crippen LogP contribution in [0, 0.1) is 11.6 Å². The Morgan fingerprint density at radius 2 is 1.87 bits per heavy atom. The fraction of sp³-hybridized carbons (Fsp3) is 0.452. The number of likely N-dealkylation sites (tertiary alicyclic amines) is 1. The van der Waals surface area contributed by atoms with E-state index in [0.29, 0.717) is 48.7 Å². The summed E-state index contributed by atoms with van der Waals surface area (Å²) < 4.78 is 83.7. The van der Waals surface area contributed by atoms with Gasteiger partial charge in [-0.3, -0.25) is 4.90 Å². The van der Waals surface area contributed by atoms with Gasteiger partial charge in [-0.05, 0) is 51.0 Å². The van der Waals surface area contributed by atoms with E-state index in [2.05, 4.69) is 14.9 Å². The van der Waals surface area contributed by atoms with E-state index in [0.717, 1.165) is 12.1 Å². The van der Waals surface area contributed by atoms with Crippen molar-refractivity contribution < 1.29 is 46.4 Å². The number of halogens is 5. The average Bonchev–Trinajstić information content (AvgIpc) is 3.32. The molecule has 4 aromatic rings. The largest absolute Gasteiger partial charge is 0.483 e. The highest BCUT2D eigenvalue weighted by Gasteiger charge is 2.30. The van der Waals surface area contributed by atoms with Gasteiger partial charge in [-0.15, -0.1) is 0 Å². The van der Waals surface area contributed by atoms with Crippen molar-refractivity contribution in [1.82, 2.24) is 24.4 Å². The van der Waals surface area contributed by atoms with Crippen LogP contribution in [-0.2, 0) is 24.4 Å². The number of aromatic nitrogens is 4. The molecule has 0 amide bonds. The van der Waals surface area contributed by atoms with Crippen molar-refractivity contribution in [3.05, 3.63) is 77.5 Å². The van der Waals surface area contributed by atoms with E-state index in [1.165, 1.54) is 18.3 Å². The fourth-order valence-corrected chi connectivity index (χ4v) is 5.34. The number of piperidine rings is 1. The maximum Gasteiger partial charge on any atom is 0.411 e. The Balaban J connectivity index is 1.23. The van der Waals surface area contributed by atoms with Crippen LogP contribution < -0.4 is 9.47 Å². The van der Waals surface area contributed by atoms with Crippen molar-refractivity contribution in [2.24, 2.45) is 0 Å². The summed E-state index contributed by atoms with van der Waals surface area (Å²) in [7, 11) is 0. The lowest BCUT2D eigenvalue weighted by atomic mass is 10.0. The van der Waals surface area contributed by atoms with Crippen LogP contribution in [0.15, 0.2) is 48.7 Å². The number of rotatable bonds is 12. The Labute approximate surface area is 261 Å². The first-order valence-corrected chi connectivity index (χ1v) is 14.7. The number of hydrogen-bond acceptors (Lipinski definition) is 9. The van der Waals surface area contributed by atoms with Crippen LogP contribution in [0.5, 0.6) is 11.6 Å². The molecule has 1 saturated heterocycles. The molecule has 3 heterocycles. The number of aliphatic hydroxyl groups is 2. The molecule has 0 radical (unpaired) electrons. The van der Waals surface area contributed by atoms with E-state index < -0.39 is 36.8 Å². The second-order valence-electron chi connectivity index (χ2n) is 11.3. The first-order chi connectivity index (χ1) is 21.8. The third-order valence-corrected chi connectivity index (χ3v) is 7.65. The topological polar surface area (TPSA) is 115 Å². The van der Waals surface area contributed by atoms with Gasteiger partial charge in [0.25, 0.3) is 0 Å². The Morgan fingerprint density at radius 3 is 2.59 bits per heavy atom. The van der Waals surface area contributed by atoms with Gasteiger partial charge >= 0.3 is 6.18 Å². The van der Waals surface area contributed by atoms with E-state index in [-0.39, 0.29) is 42.4 Å². The van der Waals surface area contributed by atoms with Crippen LogP contribution in [0.4, 0.5) is 22.0 Å². The zero-order chi connectivity index (χ0) is 33.0. The summed E-state index contributed by atoms with van der Waals surface area (Å²) in [5, 5.41) is 19.4. The number of fused-ring (bicyclic) bond motifs is 1. The fourth-order valence-electron chi connectivity index (χ4n) is 5.34. The van der Waals surface area contributed by atoms with Gasteiger partial charge in [0.2, 0.25) is 5.88 Å². The SMILES string of the molecule is C[C@H](Cn1c(CN2CC[C@H](Oc3ccnc(COc4ccc(F)cc4F)n3)C[C@@H]2C)nc2ccc(C(O)O)cc21)OCC(F)(F)F. The van der Waals surface area contributed by atoms with Crippen LogP contribution in [0.1, 0.15) is 50.2 Å². The zero-order valence-electron chi connectivity index (χ0n) is 25.1. The monoisotopic (exact) mass is 651 g/mol. The first-order valence-electron chi connectivity index (χ1n) is 14.7. The van der Waals surface area contributed by atoms with Crippen LogP contribution in [0.2, 0.25) is 0 Å². The number of hydrogen-bond donors (Lipinski definition) is 2. The second kappa shape index (κ2) is 14.2. The molecule has 0 saturated carbocycles. The molecule has 0 spiro atoms. The first kappa shape index (κ1) is 33.4. The molecule has 0 bridgehead atoms. The van der Waals surface area contributed by atoms with E-state index in [4.69, 9.17) is 19.2 Å². The minimum atomic E-state index is -4.46. The molecule has 5 rings (SSSR count). The normalized spacial score (nSPS) is 18.3. The molecular formula is C31H34F5N5O5. The second-order valence-corrected chi connectivity index (χ2v) is 11.3. The Bertz CT molecular complexity index is 1640. The van der Waals surface area contributed by atoms with E-state index in [1.807, 2.05) is 6.92 Å². The number of benzene rings is 2. The number of nitrogens with zero attached hydrogens (tertiary/aromatic N) is 5. The highest BCUT2D eigenvalue weighted by atomic mass is 19.4. The Hall–Kier alpha value is -3.92. The lowest BCUT2D eigenvalue weighted by Gasteiger charge is -2.37. The number of imidazole rings is 1. The molecule has 2 aromatic heterocycles. The quantitative estimate of drug-likeness (QED) is 0.160. The van der Waals surface area contributed by atoms with Crippen molar-refractivity contribution in [3.8, 4) is 11.6 Å². The molecule has 1 aliphatic rings. The molecule has 15 heteroatoms.